The summed E-state index contributed by atoms with van der Waals surface area (Å²) >= 11 is 7.69. The Kier molecular flexibility index (Phi) is 4.22. The molecule has 0 fully saturated rings. The van der Waals surface area contributed by atoms with E-state index in [1.165, 1.54) is 9.09 Å². The SMILES string of the molecule is COCCC(C)n1c(=S)[nH]c2cc(I)ccc21. The Balaban J connectivity index is 2.46. The molecule has 5 heteroatoms. The lowest BCUT2D eigenvalue weighted by Crippen LogP contribution is -2.07. The van der Waals surface area contributed by atoms with Crippen molar-refractivity contribution in [2.75, 3.05) is 13.7 Å². The number of nitrogens with one attached hydrogen (secondary N) is 1. The number of aromatic nitrogens is 2. The summed E-state index contributed by atoms with van der Waals surface area (Å²) in [6, 6.07) is 6.68. The fourth-order valence-corrected chi connectivity index (χ4v) is 2.84. The molecule has 1 atom stereocenters. The van der Waals surface area contributed by atoms with Crippen molar-refractivity contribution < 1.29 is 4.74 Å². The molecular weight excluding hydrogens is 347 g/mol. The second-order valence-corrected chi connectivity index (χ2v) is 5.72. The molecule has 0 spiro atoms. The highest BCUT2D eigenvalue weighted by atomic mass is 127. The van der Waals surface area contributed by atoms with Crippen molar-refractivity contribution in [3.05, 3.63) is 26.5 Å². The predicted molar refractivity (Wildman–Crippen MR) is 81.0 cm³/mol. The molecule has 0 bridgehead atoms. The topological polar surface area (TPSA) is 29.9 Å². The number of rotatable bonds is 4. The van der Waals surface area contributed by atoms with Crippen LogP contribution in [0.4, 0.5) is 0 Å². The smallest absolute Gasteiger partial charge is 0.178 e. The van der Waals surface area contributed by atoms with E-state index in [1.807, 2.05) is 0 Å². The molecule has 2 rings (SSSR count). The van der Waals surface area contributed by atoms with E-state index in [9.17, 15) is 0 Å². The van der Waals surface area contributed by atoms with Crippen molar-refractivity contribution in [2.45, 2.75) is 19.4 Å². The van der Waals surface area contributed by atoms with Crippen LogP contribution < -0.4 is 0 Å². The second kappa shape index (κ2) is 5.49. The maximum Gasteiger partial charge on any atom is 0.178 e. The fraction of sp³-hybridized carbons (Fsp3) is 0.417. The summed E-state index contributed by atoms with van der Waals surface area (Å²) in [5, 5.41) is 0. The molecule has 3 nitrogen and oxygen atoms in total. The van der Waals surface area contributed by atoms with Gasteiger partial charge in [0, 0.05) is 23.3 Å². The van der Waals surface area contributed by atoms with Crippen molar-refractivity contribution >= 4 is 45.8 Å². The van der Waals surface area contributed by atoms with Crippen LogP contribution in [0.3, 0.4) is 0 Å². The number of benzene rings is 1. The van der Waals surface area contributed by atoms with E-state index in [-0.39, 0.29) is 0 Å². The largest absolute Gasteiger partial charge is 0.385 e. The Morgan fingerprint density at radius 2 is 2.29 bits per heavy atom. The lowest BCUT2D eigenvalue weighted by Gasteiger charge is -2.13. The number of hydrogen-bond donors (Lipinski definition) is 1. The maximum atomic E-state index is 5.39. The Bertz CT molecular complexity index is 575. The number of imidazole rings is 1. The third-order valence-corrected chi connectivity index (χ3v) is 3.83. The van der Waals surface area contributed by atoms with Crippen molar-refractivity contribution in [1.29, 1.82) is 0 Å². The molecule has 0 saturated heterocycles. The summed E-state index contributed by atoms with van der Waals surface area (Å²) in [7, 11) is 1.73. The first kappa shape index (κ1) is 13.0. The van der Waals surface area contributed by atoms with Gasteiger partial charge in [0.15, 0.2) is 4.77 Å². The van der Waals surface area contributed by atoms with E-state index in [0.717, 1.165) is 23.3 Å². The van der Waals surface area contributed by atoms with E-state index < -0.39 is 0 Å². The lowest BCUT2D eigenvalue weighted by molar-refractivity contribution is 0.181. The molecule has 1 aromatic carbocycles. The number of ether oxygens (including phenoxy) is 1. The highest BCUT2D eigenvalue weighted by Crippen LogP contribution is 2.22. The maximum absolute atomic E-state index is 5.39. The van der Waals surface area contributed by atoms with E-state index in [0.29, 0.717) is 6.04 Å². The summed E-state index contributed by atoms with van der Waals surface area (Å²) in [5.74, 6) is 0. The van der Waals surface area contributed by atoms with Gasteiger partial charge in [0.1, 0.15) is 0 Å². The van der Waals surface area contributed by atoms with E-state index in [4.69, 9.17) is 17.0 Å². The zero-order valence-electron chi connectivity index (χ0n) is 9.87. The first-order valence-electron chi connectivity index (χ1n) is 5.52. The normalized spacial score (nSPS) is 13.1. The van der Waals surface area contributed by atoms with Gasteiger partial charge in [-0.25, -0.2) is 0 Å². The highest BCUT2D eigenvalue weighted by molar-refractivity contribution is 14.1. The van der Waals surface area contributed by atoms with Gasteiger partial charge in [0.05, 0.1) is 11.0 Å². The first-order valence-corrected chi connectivity index (χ1v) is 7.01. The minimum atomic E-state index is 0.344. The molecule has 1 unspecified atom stereocenters. The van der Waals surface area contributed by atoms with Crippen LogP contribution in [0, 0.1) is 8.34 Å². The third kappa shape index (κ3) is 2.71. The number of H-pyrrole nitrogens is 1. The Labute approximate surface area is 119 Å². The van der Waals surface area contributed by atoms with Crippen LogP contribution in [-0.4, -0.2) is 23.3 Å². The van der Waals surface area contributed by atoms with E-state index in [2.05, 4.69) is 57.3 Å². The fourth-order valence-electron chi connectivity index (χ4n) is 1.96. The standard InChI is InChI=1S/C12H15IN2OS/c1-8(5-6-16-2)15-11-4-3-9(13)7-10(11)14-12(15)17/h3-4,7-8H,5-6H2,1-2H3,(H,14,17). The van der Waals surface area contributed by atoms with Crippen molar-refractivity contribution in [3.63, 3.8) is 0 Å². The minimum Gasteiger partial charge on any atom is -0.385 e. The number of methoxy groups -OCH3 is 1. The summed E-state index contributed by atoms with van der Waals surface area (Å²) in [6.45, 7) is 2.92. The zero-order chi connectivity index (χ0) is 12.4. The Morgan fingerprint density at radius 1 is 1.53 bits per heavy atom. The summed E-state index contributed by atoms with van der Waals surface area (Å²) in [6.07, 6.45) is 0.962. The van der Waals surface area contributed by atoms with Gasteiger partial charge in [-0.3, -0.25) is 0 Å². The molecule has 0 aliphatic rings. The van der Waals surface area contributed by atoms with Gasteiger partial charge in [-0.05, 0) is 66.4 Å². The van der Waals surface area contributed by atoms with Gasteiger partial charge in [-0.1, -0.05) is 0 Å². The van der Waals surface area contributed by atoms with Crippen LogP contribution in [0.1, 0.15) is 19.4 Å². The molecular formula is C12H15IN2OS. The van der Waals surface area contributed by atoms with Gasteiger partial charge >= 0.3 is 0 Å². The van der Waals surface area contributed by atoms with Gasteiger partial charge in [0.25, 0.3) is 0 Å². The first-order chi connectivity index (χ1) is 8.13. The monoisotopic (exact) mass is 362 g/mol. The quantitative estimate of drug-likeness (QED) is 0.661. The average Bonchev–Trinajstić information content (AvgIpc) is 2.61. The van der Waals surface area contributed by atoms with Crippen molar-refractivity contribution in [2.24, 2.45) is 0 Å². The molecule has 17 heavy (non-hydrogen) atoms. The molecule has 0 aliphatic heterocycles. The van der Waals surface area contributed by atoms with Crippen LogP contribution in [-0.2, 0) is 4.74 Å². The molecule has 1 aromatic heterocycles. The van der Waals surface area contributed by atoms with Crippen LogP contribution >= 0.6 is 34.8 Å². The predicted octanol–water partition coefficient (Wildman–Crippen LogP) is 3.90. The molecule has 0 radical (unpaired) electrons. The average molecular weight is 362 g/mol. The van der Waals surface area contributed by atoms with Gasteiger partial charge < -0.3 is 14.3 Å². The third-order valence-electron chi connectivity index (χ3n) is 2.86. The van der Waals surface area contributed by atoms with E-state index in [1.54, 1.807) is 7.11 Å². The molecule has 92 valence electrons. The number of fused-ring (bicyclic) bond motifs is 1. The Morgan fingerprint density at radius 3 is 3.00 bits per heavy atom. The van der Waals surface area contributed by atoms with Crippen molar-refractivity contribution in [1.82, 2.24) is 9.55 Å². The number of hydrogen-bond acceptors (Lipinski definition) is 2. The Hall–Kier alpha value is -0.400. The molecule has 0 saturated carbocycles. The zero-order valence-corrected chi connectivity index (χ0v) is 12.8. The van der Waals surface area contributed by atoms with Gasteiger partial charge in [-0.15, -0.1) is 0 Å². The molecule has 0 aliphatic carbocycles. The van der Waals surface area contributed by atoms with E-state index >= 15 is 0 Å². The number of nitrogens with zero attached hydrogens (tertiary/aromatic N) is 1. The minimum absolute atomic E-state index is 0.344. The van der Waals surface area contributed by atoms with Crippen molar-refractivity contribution in [3.8, 4) is 0 Å². The van der Waals surface area contributed by atoms with Crippen LogP contribution in [0.15, 0.2) is 18.2 Å². The molecule has 0 amide bonds. The number of halogens is 1. The second-order valence-electron chi connectivity index (χ2n) is 4.09. The highest BCUT2D eigenvalue weighted by Gasteiger charge is 2.10. The van der Waals surface area contributed by atoms with Crippen LogP contribution in [0.25, 0.3) is 11.0 Å². The van der Waals surface area contributed by atoms with Gasteiger partial charge in [-0.2, -0.15) is 0 Å². The lowest BCUT2D eigenvalue weighted by atomic mass is 10.2. The summed E-state index contributed by atoms with van der Waals surface area (Å²) in [5.41, 5.74) is 2.27. The molecule has 1 heterocycles. The molecule has 2 aromatic rings. The summed E-state index contributed by atoms with van der Waals surface area (Å²) in [4.78, 5) is 3.26. The van der Waals surface area contributed by atoms with Crippen LogP contribution in [0.5, 0.6) is 0 Å². The van der Waals surface area contributed by atoms with Crippen LogP contribution in [0.2, 0.25) is 0 Å². The number of aromatic amines is 1. The molecule has 1 N–H and O–H groups in total. The van der Waals surface area contributed by atoms with Gasteiger partial charge in [0.2, 0.25) is 0 Å². The summed E-state index contributed by atoms with van der Waals surface area (Å²) < 4.78 is 9.28.